The van der Waals surface area contributed by atoms with Gasteiger partial charge in [0.05, 0.1) is 0 Å². The van der Waals surface area contributed by atoms with Crippen molar-refractivity contribution >= 4 is 11.6 Å². The Hall–Kier alpha value is -1.51. The minimum atomic E-state index is 0.554. The predicted octanol–water partition coefficient (Wildman–Crippen LogP) is 3.69. The van der Waals surface area contributed by atoms with Crippen LogP contribution in [0.4, 0.5) is 0 Å². The maximum absolute atomic E-state index is 5.82. The van der Waals surface area contributed by atoms with Crippen molar-refractivity contribution in [3.8, 4) is 5.75 Å². The average molecular weight is 262 g/mol. The predicted molar refractivity (Wildman–Crippen MR) is 74.9 cm³/mol. The van der Waals surface area contributed by atoms with Crippen LogP contribution in [0.5, 0.6) is 5.75 Å². The molecule has 0 heterocycles. The van der Waals surface area contributed by atoms with Crippen LogP contribution in [-0.2, 0) is 13.2 Å². The Bertz CT molecular complexity index is 523. The van der Waals surface area contributed by atoms with Crippen LogP contribution in [-0.4, -0.2) is 0 Å². The summed E-state index contributed by atoms with van der Waals surface area (Å²) in [5, 5.41) is 0.714. The fraction of sp³-hybridized carbons (Fsp3) is 0.200. The Morgan fingerprint density at radius 1 is 1.11 bits per heavy atom. The normalized spacial score (nSPS) is 10.4. The van der Waals surface area contributed by atoms with E-state index in [1.807, 2.05) is 30.3 Å². The van der Waals surface area contributed by atoms with Crippen molar-refractivity contribution in [3.05, 3.63) is 64.2 Å². The first-order valence-electron chi connectivity index (χ1n) is 5.86. The maximum Gasteiger partial charge on any atom is 0.119 e. The zero-order valence-electron chi connectivity index (χ0n) is 10.3. The first kappa shape index (κ1) is 12.9. The van der Waals surface area contributed by atoms with Crippen molar-refractivity contribution in [1.29, 1.82) is 0 Å². The molecule has 0 saturated carbocycles. The molecule has 0 aliphatic heterocycles. The van der Waals surface area contributed by atoms with Crippen LogP contribution in [0, 0.1) is 6.92 Å². The highest BCUT2D eigenvalue weighted by Crippen LogP contribution is 2.18. The number of ether oxygens (including phenoxy) is 1. The zero-order valence-corrected chi connectivity index (χ0v) is 11.1. The van der Waals surface area contributed by atoms with E-state index in [-0.39, 0.29) is 0 Å². The van der Waals surface area contributed by atoms with E-state index in [9.17, 15) is 0 Å². The van der Waals surface area contributed by atoms with E-state index >= 15 is 0 Å². The SMILES string of the molecule is Cc1cc(CN)ccc1COc1ccc(Cl)cc1. The lowest BCUT2D eigenvalue weighted by Crippen LogP contribution is -2.01. The summed E-state index contributed by atoms with van der Waals surface area (Å²) in [4.78, 5) is 0. The summed E-state index contributed by atoms with van der Waals surface area (Å²) in [6.45, 7) is 3.19. The number of hydrogen-bond donors (Lipinski definition) is 1. The lowest BCUT2D eigenvalue weighted by molar-refractivity contribution is 0.305. The summed E-state index contributed by atoms with van der Waals surface area (Å²) in [6.07, 6.45) is 0. The van der Waals surface area contributed by atoms with Gasteiger partial charge >= 0.3 is 0 Å². The average Bonchev–Trinajstić information content (AvgIpc) is 2.39. The second kappa shape index (κ2) is 5.89. The summed E-state index contributed by atoms with van der Waals surface area (Å²) in [7, 11) is 0. The molecule has 2 nitrogen and oxygen atoms in total. The van der Waals surface area contributed by atoms with Crippen LogP contribution >= 0.6 is 11.6 Å². The van der Waals surface area contributed by atoms with Gasteiger partial charge < -0.3 is 10.5 Å². The molecule has 2 aromatic carbocycles. The number of halogens is 1. The smallest absolute Gasteiger partial charge is 0.119 e. The van der Waals surface area contributed by atoms with Gasteiger partial charge in [0.1, 0.15) is 12.4 Å². The summed E-state index contributed by atoms with van der Waals surface area (Å²) < 4.78 is 5.71. The quantitative estimate of drug-likeness (QED) is 0.911. The Kier molecular flexibility index (Phi) is 4.24. The molecule has 94 valence electrons. The van der Waals surface area contributed by atoms with Gasteiger partial charge in [-0.3, -0.25) is 0 Å². The molecule has 2 aromatic rings. The molecular weight excluding hydrogens is 246 g/mol. The summed E-state index contributed by atoms with van der Waals surface area (Å²) in [5.74, 6) is 0.821. The van der Waals surface area contributed by atoms with Crippen molar-refractivity contribution in [2.75, 3.05) is 0 Å². The van der Waals surface area contributed by atoms with Crippen LogP contribution in [0.15, 0.2) is 42.5 Å². The van der Waals surface area contributed by atoms with E-state index in [0.717, 1.165) is 11.3 Å². The molecular formula is C15H16ClNO. The van der Waals surface area contributed by atoms with Crippen molar-refractivity contribution in [3.63, 3.8) is 0 Å². The Morgan fingerprint density at radius 3 is 2.44 bits per heavy atom. The standard InChI is InChI=1S/C15H16ClNO/c1-11-8-12(9-17)2-3-13(11)10-18-15-6-4-14(16)5-7-15/h2-8H,9-10,17H2,1H3. The maximum atomic E-state index is 5.82. The van der Waals surface area contributed by atoms with E-state index in [2.05, 4.69) is 19.1 Å². The molecule has 0 fully saturated rings. The largest absolute Gasteiger partial charge is 0.489 e. The molecule has 0 amide bonds. The van der Waals surface area contributed by atoms with E-state index in [0.29, 0.717) is 18.2 Å². The Morgan fingerprint density at radius 2 is 1.83 bits per heavy atom. The second-order valence-corrected chi connectivity index (χ2v) is 4.64. The highest BCUT2D eigenvalue weighted by molar-refractivity contribution is 6.30. The molecule has 0 aliphatic rings. The minimum absolute atomic E-state index is 0.554. The van der Waals surface area contributed by atoms with Gasteiger partial charge in [-0.25, -0.2) is 0 Å². The monoisotopic (exact) mass is 261 g/mol. The fourth-order valence-electron chi connectivity index (χ4n) is 1.74. The topological polar surface area (TPSA) is 35.2 Å². The first-order valence-corrected chi connectivity index (χ1v) is 6.23. The molecule has 0 aliphatic carbocycles. The van der Waals surface area contributed by atoms with Crippen molar-refractivity contribution in [1.82, 2.24) is 0 Å². The highest BCUT2D eigenvalue weighted by atomic mass is 35.5. The Balaban J connectivity index is 2.04. The van der Waals surface area contributed by atoms with E-state index in [1.54, 1.807) is 0 Å². The molecule has 0 atom stereocenters. The minimum Gasteiger partial charge on any atom is -0.489 e. The van der Waals surface area contributed by atoms with Crippen molar-refractivity contribution < 1.29 is 4.74 Å². The van der Waals surface area contributed by atoms with Crippen LogP contribution in [0.3, 0.4) is 0 Å². The number of nitrogens with two attached hydrogens (primary N) is 1. The van der Waals surface area contributed by atoms with Gasteiger partial charge in [0.15, 0.2) is 0 Å². The van der Waals surface area contributed by atoms with Gasteiger partial charge in [0, 0.05) is 11.6 Å². The molecule has 18 heavy (non-hydrogen) atoms. The van der Waals surface area contributed by atoms with Crippen LogP contribution in [0.25, 0.3) is 0 Å². The lowest BCUT2D eigenvalue weighted by Gasteiger charge is -2.10. The van der Waals surface area contributed by atoms with Crippen LogP contribution in [0.1, 0.15) is 16.7 Å². The summed E-state index contributed by atoms with van der Waals surface area (Å²) >= 11 is 5.82. The van der Waals surface area contributed by atoms with Gasteiger partial charge in [0.25, 0.3) is 0 Å². The van der Waals surface area contributed by atoms with E-state index in [4.69, 9.17) is 22.1 Å². The van der Waals surface area contributed by atoms with Crippen molar-refractivity contribution in [2.24, 2.45) is 5.73 Å². The van der Waals surface area contributed by atoms with Gasteiger partial charge in [0.2, 0.25) is 0 Å². The first-order chi connectivity index (χ1) is 8.69. The third-order valence-electron chi connectivity index (χ3n) is 2.85. The molecule has 0 bridgehead atoms. The van der Waals surface area contributed by atoms with E-state index < -0.39 is 0 Å². The molecule has 2 rings (SSSR count). The molecule has 0 aromatic heterocycles. The van der Waals surface area contributed by atoms with Crippen molar-refractivity contribution in [2.45, 2.75) is 20.1 Å². The molecule has 2 N–H and O–H groups in total. The van der Waals surface area contributed by atoms with Crippen LogP contribution in [0.2, 0.25) is 5.02 Å². The molecule has 0 saturated heterocycles. The number of aryl methyl sites for hydroxylation is 1. The second-order valence-electron chi connectivity index (χ2n) is 4.21. The number of rotatable bonds is 4. The third-order valence-corrected chi connectivity index (χ3v) is 3.10. The Labute approximate surface area is 112 Å². The molecule has 3 heteroatoms. The van der Waals surface area contributed by atoms with E-state index in [1.165, 1.54) is 11.1 Å². The summed E-state index contributed by atoms with van der Waals surface area (Å²) in [6, 6.07) is 13.6. The molecule has 0 radical (unpaired) electrons. The lowest BCUT2D eigenvalue weighted by atomic mass is 10.1. The number of benzene rings is 2. The van der Waals surface area contributed by atoms with Gasteiger partial charge in [-0.05, 0) is 47.9 Å². The summed E-state index contributed by atoms with van der Waals surface area (Å²) in [5.41, 5.74) is 9.12. The van der Waals surface area contributed by atoms with Gasteiger partial charge in [-0.1, -0.05) is 29.8 Å². The zero-order chi connectivity index (χ0) is 13.0. The number of hydrogen-bond acceptors (Lipinski definition) is 2. The third kappa shape index (κ3) is 3.25. The van der Waals surface area contributed by atoms with Gasteiger partial charge in [-0.15, -0.1) is 0 Å². The van der Waals surface area contributed by atoms with Crippen LogP contribution < -0.4 is 10.5 Å². The highest BCUT2D eigenvalue weighted by Gasteiger charge is 2.01. The molecule has 0 spiro atoms. The molecule has 0 unspecified atom stereocenters. The van der Waals surface area contributed by atoms with Gasteiger partial charge in [-0.2, -0.15) is 0 Å². The fourth-order valence-corrected chi connectivity index (χ4v) is 1.86.